The molecule has 82 valence electrons. The highest BCUT2D eigenvalue weighted by atomic mass is 32.2. The van der Waals surface area contributed by atoms with Crippen LogP contribution in [-0.2, 0) is 9.53 Å². The summed E-state index contributed by atoms with van der Waals surface area (Å²) in [5.74, 6) is -0.201. The molecule has 0 aliphatic carbocycles. The largest absolute Gasteiger partial charge is 0.468 e. The second-order valence-electron chi connectivity index (χ2n) is 3.92. The standard InChI is InChI=1S/C12H16O2S/c1-9-5-7-10(8-6-9)15-12(2,3)11(13)14-4/h5-8H,1-4H3. The van der Waals surface area contributed by atoms with E-state index in [1.807, 2.05) is 45.0 Å². The van der Waals surface area contributed by atoms with Crippen molar-refractivity contribution in [2.24, 2.45) is 0 Å². The molecule has 0 aromatic heterocycles. The molecule has 0 saturated carbocycles. The Kier molecular flexibility index (Phi) is 3.80. The van der Waals surface area contributed by atoms with Gasteiger partial charge in [-0.15, -0.1) is 11.8 Å². The summed E-state index contributed by atoms with van der Waals surface area (Å²) in [6, 6.07) is 8.11. The summed E-state index contributed by atoms with van der Waals surface area (Å²) in [6.07, 6.45) is 0. The van der Waals surface area contributed by atoms with E-state index in [4.69, 9.17) is 4.74 Å². The molecule has 0 radical (unpaired) electrons. The van der Waals surface area contributed by atoms with Gasteiger partial charge in [-0.05, 0) is 32.9 Å². The number of rotatable bonds is 3. The number of thioether (sulfide) groups is 1. The minimum Gasteiger partial charge on any atom is -0.468 e. The lowest BCUT2D eigenvalue weighted by atomic mass is 10.2. The molecule has 1 aromatic carbocycles. The molecule has 0 N–H and O–H groups in total. The van der Waals surface area contributed by atoms with Gasteiger partial charge in [0.25, 0.3) is 0 Å². The van der Waals surface area contributed by atoms with Gasteiger partial charge in [0, 0.05) is 4.90 Å². The lowest BCUT2D eigenvalue weighted by Gasteiger charge is -2.20. The molecule has 0 fully saturated rings. The predicted molar refractivity (Wildman–Crippen MR) is 63.1 cm³/mol. The Labute approximate surface area is 95.0 Å². The molecule has 2 nitrogen and oxygen atoms in total. The molecule has 0 aliphatic heterocycles. The van der Waals surface area contributed by atoms with E-state index in [-0.39, 0.29) is 5.97 Å². The third-order valence-electron chi connectivity index (χ3n) is 2.07. The van der Waals surface area contributed by atoms with E-state index < -0.39 is 4.75 Å². The summed E-state index contributed by atoms with van der Waals surface area (Å²) >= 11 is 1.51. The van der Waals surface area contributed by atoms with Gasteiger partial charge in [-0.25, -0.2) is 0 Å². The van der Waals surface area contributed by atoms with Crippen molar-refractivity contribution in [1.82, 2.24) is 0 Å². The molecule has 0 saturated heterocycles. The summed E-state index contributed by atoms with van der Waals surface area (Å²) in [4.78, 5) is 12.5. The summed E-state index contributed by atoms with van der Waals surface area (Å²) in [6.45, 7) is 5.77. The molecule has 0 spiro atoms. The number of benzene rings is 1. The molecular formula is C12H16O2S. The van der Waals surface area contributed by atoms with Crippen LogP contribution >= 0.6 is 11.8 Å². The molecule has 0 amide bonds. The van der Waals surface area contributed by atoms with Crippen LogP contribution in [0.5, 0.6) is 0 Å². The molecule has 0 unspecified atom stereocenters. The first-order valence-electron chi connectivity index (χ1n) is 4.80. The predicted octanol–water partition coefficient (Wildman–Crippen LogP) is 3.04. The third kappa shape index (κ3) is 3.27. The van der Waals surface area contributed by atoms with Crippen LogP contribution in [0.25, 0.3) is 0 Å². The van der Waals surface area contributed by atoms with Gasteiger partial charge >= 0.3 is 5.97 Å². The number of carbonyl (C=O) groups excluding carboxylic acids is 1. The summed E-state index contributed by atoms with van der Waals surface area (Å²) in [5, 5.41) is 0. The van der Waals surface area contributed by atoms with E-state index in [9.17, 15) is 4.79 Å². The summed E-state index contributed by atoms with van der Waals surface area (Å²) in [5.41, 5.74) is 1.22. The smallest absolute Gasteiger partial charge is 0.321 e. The Morgan fingerprint density at radius 1 is 1.27 bits per heavy atom. The van der Waals surface area contributed by atoms with Gasteiger partial charge in [-0.3, -0.25) is 4.79 Å². The number of carbonyl (C=O) groups is 1. The average Bonchev–Trinajstić information content (AvgIpc) is 2.20. The van der Waals surface area contributed by atoms with E-state index in [1.165, 1.54) is 24.4 Å². The number of aryl methyl sites for hydroxylation is 1. The van der Waals surface area contributed by atoms with Crippen molar-refractivity contribution in [1.29, 1.82) is 0 Å². The summed E-state index contributed by atoms with van der Waals surface area (Å²) in [7, 11) is 1.42. The van der Waals surface area contributed by atoms with Crippen LogP contribution in [0.4, 0.5) is 0 Å². The number of hydrogen-bond acceptors (Lipinski definition) is 3. The molecule has 1 aromatic rings. The first-order valence-corrected chi connectivity index (χ1v) is 5.61. The van der Waals surface area contributed by atoms with E-state index in [0.29, 0.717) is 0 Å². The number of esters is 1. The first-order chi connectivity index (χ1) is 6.95. The molecule has 0 heterocycles. The maximum absolute atomic E-state index is 11.5. The lowest BCUT2D eigenvalue weighted by Crippen LogP contribution is -2.28. The highest BCUT2D eigenvalue weighted by molar-refractivity contribution is 8.01. The fraction of sp³-hybridized carbons (Fsp3) is 0.417. The molecule has 15 heavy (non-hydrogen) atoms. The summed E-state index contributed by atoms with van der Waals surface area (Å²) < 4.78 is 4.21. The zero-order chi connectivity index (χ0) is 11.5. The van der Waals surface area contributed by atoms with Crippen molar-refractivity contribution < 1.29 is 9.53 Å². The number of hydrogen-bond donors (Lipinski definition) is 0. The van der Waals surface area contributed by atoms with Crippen LogP contribution in [0.1, 0.15) is 19.4 Å². The van der Waals surface area contributed by atoms with Crippen molar-refractivity contribution in [2.45, 2.75) is 30.4 Å². The van der Waals surface area contributed by atoms with E-state index >= 15 is 0 Å². The van der Waals surface area contributed by atoms with E-state index in [0.717, 1.165) is 4.90 Å². The quantitative estimate of drug-likeness (QED) is 0.583. The molecular weight excluding hydrogens is 208 g/mol. The van der Waals surface area contributed by atoms with E-state index in [2.05, 4.69) is 0 Å². The monoisotopic (exact) mass is 224 g/mol. The Morgan fingerprint density at radius 3 is 2.27 bits per heavy atom. The zero-order valence-electron chi connectivity index (χ0n) is 9.53. The molecule has 1 rings (SSSR count). The Morgan fingerprint density at radius 2 is 1.80 bits per heavy atom. The zero-order valence-corrected chi connectivity index (χ0v) is 10.4. The van der Waals surface area contributed by atoms with Crippen molar-refractivity contribution >= 4 is 17.7 Å². The minimum atomic E-state index is -0.538. The molecule has 0 aliphatic rings. The number of ether oxygens (including phenoxy) is 1. The van der Waals surface area contributed by atoms with Crippen LogP contribution in [0.3, 0.4) is 0 Å². The van der Waals surface area contributed by atoms with Gasteiger partial charge in [0.2, 0.25) is 0 Å². The molecule has 0 bridgehead atoms. The highest BCUT2D eigenvalue weighted by Gasteiger charge is 2.29. The fourth-order valence-electron chi connectivity index (χ4n) is 1.19. The Bertz CT molecular complexity index is 341. The minimum absolute atomic E-state index is 0.201. The first kappa shape index (κ1) is 12.1. The van der Waals surface area contributed by atoms with Gasteiger partial charge in [0.15, 0.2) is 0 Å². The average molecular weight is 224 g/mol. The normalized spacial score (nSPS) is 11.2. The third-order valence-corrected chi connectivity index (χ3v) is 3.26. The SMILES string of the molecule is COC(=O)C(C)(C)Sc1ccc(C)cc1. The Hall–Kier alpha value is -0.960. The van der Waals surface area contributed by atoms with Gasteiger partial charge in [0.05, 0.1) is 7.11 Å². The van der Waals surface area contributed by atoms with Crippen molar-refractivity contribution in [3.63, 3.8) is 0 Å². The van der Waals surface area contributed by atoms with Crippen LogP contribution in [0, 0.1) is 6.92 Å². The van der Waals surface area contributed by atoms with Gasteiger partial charge in [0.1, 0.15) is 4.75 Å². The van der Waals surface area contributed by atoms with Gasteiger partial charge in [-0.2, -0.15) is 0 Å². The number of methoxy groups -OCH3 is 1. The maximum Gasteiger partial charge on any atom is 0.321 e. The molecule has 3 heteroatoms. The van der Waals surface area contributed by atoms with Crippen molar-refractivity contribution in [3.8, 4) is 0 Å². The highest BCUT2D eigenvalue weighted by Crippen LogP contribution is 2.33. The topological polar surface area (TPSA) is 26.3 Å². The van der Waals surface area contributed by atoms with Gasteiger partial charge < -0.3 is 4.74 Å². The second kappa shape index (κ2) is 4.71. The maximum atomic E-state index is 11.5. The van der Waals surface area contributed by atoms with Crippen molar-refractivity contribution in [3.05, 3.63) is 29.8 Å². The van der Waals surface area contributed by atoms with Crippen LogP contribution in [-0.4, -0.2) is 17.8 Å². The van der Waals surface area contributed by atoms with Crippen LogP contribution in [0.15, 0.2) is 29.2 Å². The van der Waals surface area contributed by atoms with Crippen molar-refractivity contribution in [2.75, 3.05) is 7.11 Å². The van der Waals surface area contributed by atoms with Gasteiger partial charge in [-0.1, -0.05) is 17.7 Å². The lowest BCUT2D eigenvalue weighted by molar-refractivity contribution is -0.142. The van der Waals surface area contributed by atoms with Crippen LogP contribution < -0.4 is 0 Å². The Balaban J connectivity index is 2.77. The fourth-order valence-corrected chi connectivity index (χ4v) is 2.22. The van der Waals surface area contributed by atoms with E-state index in [1.54, 1.807) is 0 Å². The second-order valence-corrected chi connectivity index (χ2v) is 5.61. The van der Waals surface area contributed by atoms with Crippen LogP contribution in [0.2, 0.25) is 0 Å². The molecule has 0 atom stereocenters.